The number of methoxy groups -OCH3 is 1. The number of unbranched alkanes of at least 4 members (excludes halogenated alkanes) is 3. The molecule has 0 radical (unpaired) electrons. The van der Waals surface area contributed by atoms with Crippen LogP contribution in [0.3, 0.4) is 0 Å². The van der Waals surface area contributed by atoms with Crippen molar-refractivity contribution in [2.24, 2.45) is 0 Å². The summed E-state index contributed by atoms with van der Waals surface area (Å²) in [5.74, 6) is 0.942. The van der Waals surface area contributed by atoms with Crippen molar-refractivity contribution in [1.29, 1.82) is 0 Å². The van der Waals surface area contributed by atoms with Gasteiger partial charge in [-0.25, -0.2) is 0 Å². The van der Waals surface area contributed by atoms with E-state index in [2.05, 4.69) is 6.92 Å². The average molecular weight is 266 g/mol. The third-order valence-electron chi connectivity index (χ3n) is 2.89. The van der Waals surface area contributed by atoms with E-state index < -0.39 is 0 Å². The molecule has 1 aromatic carbocycles. The molecule has 1 aromatic rings. The van der Waals surface area contributed by atoms with Crippen molar-refractivity contribution in [3.05, 3.63) is 29.8 Å². The van der Waals surface area contributed by atoms with Crippen molar-refractivity contribution in [1.82, 2.24) is 0 Å². The largest absolute Gasteiger partial charge is 0.494 e. The third-order valence-corrected chi connectivity index (χ3v) is 2.89. The molecule has 0 amide bonds. The fourth-order valence-electron chi connectivity index (χ4n) is 1.73. The van der Waals surface area contributed by atoms with Crippen LogP contribution < -0.4 is 4.74 Å². The van der Waals surface area contributed by atoms with Gasteiger partial charge in [-0.15, -0.1) is 0 Å². The van der Waals surface area contributed by atoms with Crippen LogP contribution in [0.5, 0.6) is 5.75 Å². The van der Waals surface area contributed by atoms with Gasteiger partial charge in [0.1, 0.15) is 5.75 Å². The minimum absolute atomic E-state index is 0.625. The molecule has 0 bridgehead atoms. The summed E-state index contributed by atoms with van der Waals surface area (Å²) in [6, 6.07) is 8.12. The van der Waals surface area contributed by atoms with Crippen LogP contribution in [0.1, 0.15) is 38.2 Å². The summed E-state index contributed by atoms with van der Waals surface area (Å²) in [7, 11) is 1.68. The summed E-state index contributed by atoms with van der Waals surface area (Å²) in [5, 5.41) is 0. The molecule has 0 fully saturated rings. The molecule has 0 N–H and O–H groups in total. The Bertz CT molecular complexity index is 308. The summed E-state index contributed by atoms with van der Waals surface area (Å²) < 4.78 is 16.1. The molecule has 0 aliphatic carbocycles. The fourth-order valence-corrected chi connectivity index (χ4v) is 1.73. The van der Waals surface area contributed by atoms with Gasteiger partial charge >= 0.3 is 0 Å². The fraction of sp³-hybridized carbons (Fsp3) is 0.625. The lowest BCUT2D eigenvalue weighted by Crippen LogP contribution is -2.02. The van der Waals surface area contributed by atoms with Gasteiger partial charge in [-0.05, 0) is 24.1 Å². The molecule has 19 heavy (non-hydrogen) atoms. The standard InChI is InChI=1S/C16H26O3/c1-3-4-5-6-11-19-16-9-7-15(8-10-16)14-18-13-12-17-2/h7-10H,3-6,11-14H2,1-2H3. The zero-order valence-corrected chi connectivity index (χ0v) is 12.2. The van der Waals surface area contributed by atoms with E-state index >= 15 is 0 Å². The molecule has 0 saturated heterocycles. The third kappa shape index (κ3) is 7.85. The van der Waals surface area contributed by atoms with Gasteiger partial charge in [0.2, 0.25) is 0 Å². The number of rotatable bonds is 11. The van der Waals surface area contributed by atoms with E-state index in [0.717, 1.165) is 24.3 Å². The van der Waals surface area contributed by atoms with E-state index in [1.165, 1.54) is 19.3 Å². The summed E-state index contributed by atoms with van der Waals surface area (Å²) in [6.45, 7) is 4.92. The first kappa shape index (κ1) is 16.0. The number of hydrogen-bond acceptors (Lipinski definition) is 3. The minimum atomic E-state index is 0.625. The zero-order chi connectivity index (χ0) is 13.8. The lowest BCUT2D eigenvalue weighted by atomic mass is 10.2. The van der Waals surface area contributed by atoms with Gasteiger partial charge in [0, 0.05) is 7.11 Å². The van der Waals surface area contributed by atoms with Crippen LogP contribution in [0.15, 0.2) is 24.3 Å². The van der Waals surface area contributed by atoms with E-state index in [0.29, 0.717) is 19.8 Å². The van der Waals surface area contributed by atoms with Crippen LogP contribution in [-0.4, -0.2) is 26.9 Å². The smallest absolute Gasteiger partial charge is 0.119 e. The maximum Gasteiger partial charge on any atom is 0.119 e. The Kier molecular flexibility index (Phi) is 9.11. The molecule has 0 unspecified atom stereocenters. The molecular weight excluding hydrogens is 240 g/mol. The van der Waals surface area contributed by atoms with Crippen molar-refractivity contribution < 1.29 is 14.2 Å². The van der Waals surface area contributed by atoms with Gasteiger partial charge in [-0.3, -0.25) is 0 Å². The molecule has 3 heteroatoms. The van der Waals surface area contributed by atoms with Crippen molar-refractivity contribution in [3.63, 3.8) is 0 Å². The first-order chi connectivity index (χ1) is 9.36. The van der Waals surface area contributed by atoms with Gasteiger partial charge in [0.05, 0.1) is 26.4 Å². The Labute approximate surface area is 116 Å². The van der Waals surface area contributed by atoms with Crippen molar-refractivity contribution in [3.8, 4) is 5.75 Å². The van der Waals surface area contributed by atoms with Crippen LogP contribution in [0.4, 0.5) is 0 Å². The topological polar surface area (TPSA) is 27.7 Å². The van der Waals surface area contributed by atoms with Gasteiger partial charge in [0.25, 0.3) is 0 Å². The first-order valence-electron chi connectivity index (χ1n) is 7.15. The van der Waals surface area contributed by atoms with Crippen molar-refractivity contribution in [2.75, 3.05) is 26.9 Å². The normalized spacial score (nSPS) is 10.6. The molecule has 0 aliphatic heterocycles. The Morgan fingerprint density at radius 3 is 2.37 bits per heavy atom. The monoisotopic (exact) mass is 266 g/mol. The second-order valence-corrected chi connectivity index (χ2v) is 4.60. The Hall–Kier alpha value is -1.06. The Morgan fingerprint density at radius 2 is 1.68 bits per heavy atom. The van der Waals surface area contributed by atoms with Crippen molar-refractivity contribution >= 4 is 0 Å². The lowest BCUT2D eigenvalue weighted by molar-refractivity contribution is 0.0616. The van der Waals surface area contributed by atoms with Crippen LogP contribution >= 0.6 is 0 Å². The van der Waals surface area contributed by atoms with Gasteiger partial charge in [-0.2, -0.15) is 0 Å². The van der Waals surface area contributed by atoms with E-state index in [1.54, 1.807) is 7.11 Å². The summed E-state index contributed by atoms with van der Waals surface area (Å²) in [5.41, 5.74) is 1.16. The number of benzene rings is 1. The summed E-state index contributed by atoms with van der Waals surface area (Å²) in [4.78, 5) is 0. The van der Waals surface area contributed by atoms with Gasteiger partial charge in [0.15, 0.2) is 0 Å². The average Bonchev–Trinajstić information content (AvgIpc) is 2.45. The first-order valence-corrected chi connectivity index (χ1v) is 7.15. The summed E-state index contributed by atoms with van der Waals surface area (Å²) in [6.07, 6.45) is 4.94. The van der Waals surface area contributed by atoms with Gasteiger partial charge in [-0.1, -0.05) is 38.3 Å². The molecular formula is C16H26O3. The minimum Gasteiger partial charge on any atom is -0.494 e. The highest BCUT2D eigenvalue weighted by molar-refractivity contribution is 5.26. The highest BCUT2D eigenvalue weighted by atomic mass is 16.5. The maximum atomic E-state index is 5.69. The maximum absolute atomic E-state index is 5.69. The van der Waals surface area contributed by atoms with Crippen molar-refractivity contribution in [2.45, 2.75) is 39.2 Å². The van der Waals surface area contributed by atoms with Crippen LogP contribution in [0, 0.1) is 0 Å². The number of ether oxygens (including phenoxy) is 3. The predicted octanol–water partition coefficient (Wildman–Crippen LogP) is 3.81. The molecule has 108 valence electrons. The van der Waals surface area contributed by atoms with E-state index in [-0.39, 0.29) is 0 Å². The lowest BCUT2D eigenvalue weighted by Gasteiger charge is -2.07. The Balaban J connectivity index is 2.16. The molecule has 0 spiro atoms. The second kappa shape index (κ2) is 10.8. The highest BCUT2D eigenvalue weighted by Gasteiger charge is 1.96. The highest BCUT2D eigenvalue weighted by Crippen LogP contribution is 2.13. The molecule has 0 aromatic heterocycles. The van der Waals surface area contributed by atoms with E-state index in [1.807, 2.05) is 24.3 Å². The molecule has 1 rings (SSSR count). The Morgan fingerprint density at radius 1 is 0.895 bits per heavy atom. The second-order valence-electron chi connectivity index (χ2n) is 4.60. The van der Waals surface area contributed by atoms with Gasteiger partial charge < -0.3 is 14.2 Å². The SMILES string of the molecule is CCCCCCOc1ccc(COCCOC)cc1. The molecule has 3 nitrogen and oxygen atoms in total. The number of hydrogen-bond donors (Lipinski definition) is 0. The molecule has 0 saturated carbocycles. The summed E-state index contributed by atoms with van der Waals surface area (Å²) >= 11 is 0. The predicted molar refractivity (Wildman–Crippen MR) is 77.6 cm³/mol. The van der Waals surface area contributed by atoms with Crippen LogP contribution in [-0.2, 0) is 16.1 Å². The molecule has 0 aliphatic rings. The molecule has 0 heterocycles. The molecule has 0 atom stereocenters. The quantitative estimate of drug-likeness (QED) is 0.570. The van der Waals surface area contributed by atoms with E-state index in [9.17, 15) is 0 Å². The van der Waals surface area contributed by atoms with E-state index in [4.69, 9.17) is 14.2 Å². The zero-order valence-electron chi connectivity index (χ0n) is 12.2. The van der Waals surface area contributed by atoms with Crippen LogP contribution in [0.25, 0.3) is 0 Å². The van der Waals surface area contributed by atoms with Crippen LogP contribution in [0.2, 0.25) is 0 Å².